The van der Waals surface area contributed by atoms with E-state index in [1.807, 2.05) is 13.8 Å². The number of hydrogen-bond acceptors (Lipinski definition) is 1. The summed E-state index contributed by atoms with van der Waals surface area (Å²) in [7, 11) is 0. The van der Waals surface area contributed by atoms with Crippen LogP contribution < -0.4 is 0 Å². The molecule has 0 aromatic carbocycles. The normalized spacial score (nSPS) is 13.6. The summed E-state index contributed by atoms with van der Waals surface area (Å²) >= 11 is 0. The summed E-state index contributed by atoms with van der Waals surface area (Å²) in [5.74, 6) is -1.15. The molecule has 25 heavy (non-hydrogen) atoms. The number of hydrogen-bond donors (Lipinski definition) is 0. The van der Waals surface area contributed by atoms with Gasteiger partial charge < -0.3 is 4.74 Å². The van der Waals surface area contributed by atoms with Crippen molar-refractivity contribution in [3.05, 3.63) is 72.6 Å². The Morgan fingerprint density at radius 3 is 2.08 bits per heavy atom. The van der Waals surface area contributed by atoms with Crippen molar-refractivity contribution in [1.29, 1.82) is 0 Å². The molecule has 0 aromatic heterocycles. The Labute approximate surface area is 152 Å². The molecule has 0 aliphatic heterocycles. The molecule has 140 valence electrons. The highest BCUT2D eigenvalue weighted by Gasteiger charge is 2.18. The summed E-state index contributed by atoms with van der Waals surface area (Å²) in [6.07, 6.45) is 5.64. The van der Waals surface area contributed by atoms with E-state index in [0.717, 1.165) is 19.3 Å². The molecule has 0 rings (SSSR count). The fourth-order valence-electron chi connectivity index (χ4n) is 1.96. The van der Waals surface area contributed by atoms with Crippen molar-refractivity contribution in [3.63, 3.8) is 0 Å². The number of halogens is 2. The van der Waals surface area contributed by atoms with Crippen LogP contribution >= 0.6 is 0 Å². The standard InChI is InChI=1S/C22H32F2O/c1-9-14-25-18(6)13-12-17(5)20(8)22(24)21(23)19(7)16(4)11-10-15(2)3/h12-13,15-16H,5-11,14H2,1-4H3/b13-12-,22-21-. The van der Waals surface area contributed by atoms with E-state index in [2.05, 4.69) is 40.2 Å². The maximum Gasteiger partial charge on any atom is 0.166 e. The maximum atomic E-state index is 14.4. The highest BCUT2D eigenvalue weighted by atomic mass is 19.2. The van der Waals surface area contributed by atoms with Gasteiger partial charge in [-0.3, -0.25) is 0 Å². The third-order valence-electron chi connectivity index (χ3n) is 3.86. The Morgan fingerprint density at radius 2 is 1.56 bits per heavy atom. The molecule has 0 heterocycles. The molecule has 0 N–H and O–H groups in total. The topological polar surface area (TPSA) is 9.23 Å². The van der Waals surface area contributed by atoms with Crippen LogP contribution in [0.25, 0.3) is 0 Å². The van der Waals surface area contributed by atoms with Gasteiger partial charge in [0.05, 0.1) is 6.61 Å². The van der Waals surface area contributed by atoms with Crippen LogP contribution in [0.4, 0.5) is 8.78 Å². The molecule has 0 radical (unpaired) electrons. The lowest BCUT2D eigenvalue weighted by molar-refractivity contribution is 0.226. The van der Waals surface area contributed by atoms with Crippen LogP contribution in [0, 0.1) is 11.8 Å². The molecule has 3 heteroatoms. The van der Waals surface area contributed by atoms with Crippen LogP contribution in [-0.2, 0) is 4.74 Å². The van der Waals surface area contributed by atoms with Gasteiger partial charge in [0.2, 0.25) is 0 Å². The number of allylic oxidation sites excluding steroid dienone is 7. The molecule has 0 aliphatic carbocycles. The molecule has 0 aliphatic rings. The first-order valence-corrected chi connectivity index (χ1v) is 8.74. The van der Waals surface area contributed by atoms with Gasteiger partial charge in [-0.15, -0.1) is 0 Å². The minimum atomic E-state index is -1.02. The van der Waals surface area contributed by atoms with Crippen molar-refractivity contribution < 1.29 is 13.5 Å². The lowest BCUT2D eigenvalue weighted by Crippen LogP contribution is -2.03. The van der Waals surface area contributed by atoms with Crippen LogP contribution in [0.15, 0.2) is 72.6 Å². The second kappa shape index (κ2) is 11.6. The Bertz CT molecular complexity index is 565. The molecule has 0 spiro atoms. The molecule has 0 saturated heterocycles. The summed E-state index contributed by atoms with van der Waals surface area (Å²) in [6.45, 7) is 23.3. The van der Waals surface area contributed by atoms with Crippen molar-refractivity contribution >= 4 is 0 Å². The van der Waals surface area contributed by atoms with Crippen molar-refractivity contribution in [3.8, 4) is 0 Å². The predicted molar refractivity (Wildman–Crippen MR) is 104 cm³/mol. The smallest absolute Gasteiger partial charge is 0.166 e. The zero-order valence-corrected chi connectivity index (χ0v) is 16.1. The van der Waals surface area contributed by atoms with Crippen LogP contribution in [0.1, 0.15) is 47.0 Å². The van der Waals surface area contributed by atoms with Gasteiger partial charge in [-0.2, -0.15) is 0 Å². The molecule has 0 bridgehead atoms. The first-order chi connectivity index (χ1) is 11.6. The van der Waals surface area contributed by atoms with Crippen molar-refractivity contribution in [2.24, 2.45) is 11.8 Å². The summed E-state index contributed by atoms with van der Waals surface area (Å²) in [4.78, 5) is 0. The number of ether oxygens (including phenoxy) is 1. The predicted octanol–water partition coefficient (Wildman–Crippen LogP) is 7.37. The molecule has 0 amide bonds. The average molecular weight is 350 g/mol. The van der Waals surface area contributed by atoms with Crippen molar-refractivity contribution in [1.82, 2.24) is 0 Å². The van der Waals surface area contributed by atoms with Crippen molar-refractivity contribution in [2.75, 3.05) is 6.61 Å². The Morgan fingerprint density at radius 1 is 0.960 bits per heavy atom. The molecule has 0 saturated carbocycles. The molecule has 1 unspecified atom stereocenters. The first-order valence-electron chi connectivity index (χ1n) is 8.74. The fraction of sp³-hybridized carbons (Fsp3) is 0.455. The minimum absolute atomic E-state index is 0.103. The molecular formula is C22H32F2O. The summed E-state index contributed by atoms with van der Waals surface area (Å²) in [5.41, 5.74) is 0.317. The van der Waals surface area contributed by atoms with Gasteiger partial charge in [-0.05, 0) is 41.9 Å². The monoisotopic (exact) mass is 350 g/mol. The van der Waals surface area contributed by atoms with Crippen LogP contribution in [-0.4, -0.2) is 6.61 Å². The Balaban J connectivity index is 4.95. The van der Waals surface area contributed by atoms with Crippen LogP contribution in [0.3, 0.4) is 0 Å². The van der Waals surface area contributed by atoms with Crippen molar-refractivity contribution in [2.45, 2.75) is 47.0 Å². The summed E-state index contributed by atoms with van der Waals surface area (Å²) in [6, 6.07) is 0. The van der Waals surface area contributed by atoms with E-state index in [9.17, 15) is 8.78 Å². The van der Waals surface area contributed by atoms with Crippen LogP contribution in [0.2, 0.25) is 0 Å². The fourth-order valence-corrected chi connectivity index (χ4v) is 1.96. The summed E-state index contributed by atoms with van der Waals surface area (Å²) in [5, 5.41) is 0. The average Bonchev–Trinajstić information content (AvgIpc) is 2.59. The Kier molecular flexibility index (Phi) is 10.7. The minimum Gasteiger partial charge on any atom is -0.494 e. The van der Waals surface area contributed by atoms with Gasteiger partial charge >= 0.3 is 0 Å². The third-order valence-corrected chi connectivity index (χ3v) is 3.86. The number of rotatable bonds is 12. The zero-order valence-electron chi connectivity index (χ0n) is 16.1. The lowest BCUT2D eigenvalue weighted by Gasteiger charge is -2.15. The third kappa shape index (κ3) is 8.67. The molecule has 0 aromatic rings. The SMILES string of the molecule is C=C(/C=C\C(=C)C(=C)/C(F)=C(/F)C(=C)C(C)CCC(C)C)OCCC. The van der Waals surface area contributed by atoms with Crippen LogP contribution in [0.5, 0.6) is 0 Å². The van der Waals surface area contributed by atoms with E-state index in [1.54, 1.807) is 6.08 Å². The van der Waals surface area contributed by atoms with E-state index >= 15 is 0 Å². The van der Waals surface area contributed by atoms with Gasteiger partial charge in [0.25, 0.3) is 0 Å². The Hall–Kier alpha value is -1.90. The zero-order chi connectivity index (χ0) is 19.6. The second-order valence-electron chi connectivity index (χ2n) is 6.68. The highest BCUT2D eigenvalue weighted by molar-refractivity contribution is 5.50. The molecule has 0 fully saturated rings. The van der Waals surface area contributed by atoms with E-state index in [0.29, 0.717) is 18.3 Å². The van der Waals surface area contributed by atoms with Gasteiger partial charge in [-0.25, -0.2) is 8.78 Å². The van der Waals surface area contributed by atoms with Gasteiger partial charge in [0, 0.05) is 5.57 Å². The highest BCUT2D eigenvalue weighted by Crippen LogP contribution is 2.31. The van der Waals surface area contributed by atoms with E-state index in [4.69, 9.17) is 4.74 Å². The quantitative estimate of drug-likeness (QED) is 0.264. The molecule has 1 nitrogen and oxygen atoms in total. The maximum absolute atomic E-state index is 14.4. The second-order valence-corrected chi connectivity index (χ2v) is 6.68. The van der Waals surface area contributed by atoms with E-state index in [-0.39, 0.29) is 22.6 Å². The first kappa shape index (κ1) is 23.1. The van der Waals surface area contributed by atoms with Gasteiger partial charge in [0.1, 0.15) is 5.76 Å². The summed E-state index contributed by atoms with van der Waals surface area (Å²) < 4.78 is 34.0. The molecular weight excluding hydrogens is 318 g/mol. The molecule has 1 atom stereocenters. The largest absolute Gasteiger partial charge is 0.494 e. The van der Waals surface area contributed by atoms with Gasteiger partial charge in [-0.1, -0.05) is 66.5 Å². The van der Waals surface area contributed by atoms with E-state index < -0.39 is 11.7 Å². The van der Waals surface area contributed by atoms with E-state index in [1.165, 1.54) is 6.08 Å². The van der Waals surface area contributed by atoms with Gasteiger partial charge in [0.15, 0.2) is 11.7 Å². The lowest BCUT2D eigenvalue weighted by atomic mass is 9.92.